The Balaban J connectivity index is 1.44. The van der Waals surface area contributed by atoms with Crippen LogP contribution < -0.4 is 5.32 Å². The second-order valence-corrected chi connectivity index (χ2v) is 7.86. The third-order valence-electron chi connectivity index (χ3n) is 6.04. The number of nitrogens with one attached hydrogen (secondary N) is 1. The molecule has 0 aromatic heterocycles. The van der Waals surface area contributed by atoms with Gasteiger partial charge in [-0.15, -0.1) is 0 Å². The van der Waals surface area contributed by atoms with Gasteiger partial charge in [0, 0.05) is 6.04 Å². The highest BCUT2D eigenvalue weighted by Gasteiger charge is 2.48. The van der Waals surface area contributed by atoms with E-state index in [1.54, 1.807) is 0 Å². The Morgan fingerprint density at radius 1 is 1.00 bits per heavy atom. The summed E-state index contributed by atoms with van der Waals surface area (Å²) in [4.78, 5) is 49.7. The minimum absolute atomic E-state index is 0.125. The smallest absolute Gasteiger partial charge is 0.326 e. The highest BCUT2D eigenvalue weighted by Crippen LogP contribution is 2.37. The van der Waals surface area contributed by atoms with Crippen LogP contribution in [0.4, 0.5) is 0 Å². The molecule has 4 atom stereocenters. The van der Waals surface area contributed by atoms with Gasteiger partial charge in [-0.2, -0.15) is 0 Å². The molecule has 0 spiro atoms. The number of likely N-dealkylation sites (tertiary alicyclic amines) is 1. The van der Waals surface area contributed by atoms with Gasteiger partial charge in [0.2, 0.25) is 11.8 Å². The normalized spacial score (nSPS) is 31.5. The van der Waals surface area contributed by atoms with E-state index in [4.69, 9.17) is 4.74 Å². The number of carbonyl (C=O) groups is 4. The van der Waals surface area contributed by atoms with Gasteiger partial charge in [0.15, 0.2) is 6.61 Å². The summed E-state index contributed by atoms with van der Waals surface area (Å²) < 4.78 is 5.00. The predicted octanol–water partition coefficient (Wildman–Crippen LogP) is 1.40. The standard InChI is InChI=1S/C19H28N2O5/c1-12-6-2-5-9-15(12)20-16(22)11-26-17(23)10-21-18(24)13-7-3-4-8-14(13)19(21)25/h12-15H,2-11H2,1H3,(H,20,22)/t12-,13-,14-,15+/m1/s1. The lowest BCUT2D eigenvalue weighted by Crippen LogP contribution is -2.43. The van der Waals surface area contributed by atoms with Gasteiger partial charge in [-0.3, -0.25) is 24.1 Å². The largest absolute Gasteiger partial charge is 0.454 e. The van der Waals surface area contributed by atoms with E-state index in [9.17, 15) is 19.2 Å². The van der Waals surface area contributed by atoms with Crippen molar-refractivity contribution in [1.29, 1.82) is 0 Å². The molecule has 0 unspecified atom stereocenters. The number of fused-ring (bicyclic) bond motifs is 1. The van der Waals surface area contributed by atoms with E-state index < -0.39 is 12.5 Å². The maximum absolute atomic E-state index is 12.3. The topological polar surface area (TPSA) is 92.8 Å². The Labute approximate surface area is 153 Å². The third kappa shape index (κ3) is 4.07. The fraction of sp³-hybridized carbons (Fsp3) is 0.789. The zero-order chi connectivity index (χ0) is 18.7. The second-order valence-electron chi connectivity index (χ2n) is 7.86. The fourth-order valence-electron chi connectivity index (χ4n) is 4.49. The van der Waals surface area contributed by atoms with Crippen LogP contribution in [-0.4, -0.2) is 47.8 Å². The van der Waals surface area contributed by atoms with E-state index in [1.807, 2.05) is 0 Å². The van der Waals surface area contributed by atoms with Crippen molar-refractivity contribution >= 4 is 23.7 Å². The van der Waals surface area contributed by atoms with Gasteiger partial charge in [0.25, 0.3) is 5.91 Å². The number of hydrogen-bond donors (Lipinski definition) is 1. The van der Waals surface area contributed by atoms with Crippen molar-refractivity contribution in [2.75, 3.05) is 13.2 Å². The number of amides is 3. The third-order valence-corrected chi connectivity index (χ3v) is 6.04. The lowest BCUT2D eigenvalue weighted by atomic mass is 9.81. The van der Waals surface area contributed by atoms with Crippen LogP contribution >= 0.6 is 0 Å². The van der Waals surface area contributed by atoms with E-state index in [0.29, 0.717) is 18.8 Å². The average Bonchev–Trinajstić information content (AvgIpc) is 2.87. The summed E-state index contributed by atoms with van der Waals surface area (Å²) in [5.41, 5.74) is 0. The lowest BCUT2D eigenvalue weighted by Gasteiger charge is -2.29. The molecule has 26 heavy (non-hydrogen) atoms. The monoisotopic (exact) mass is 364 g/mol. The van der Waals surface area contributed by atoms with Gasteiger partial charge >= 0.3 is 5.97 Å². The predicted molar refractivity (Wildman–Crippen MR) is 92.7 cm³/mol. The van der Waals surface area contributed by atoms with Crippen molar-refractivity contribution in [3.63, 3.8) is 0 Å². The Kier molecular flexibility index (Phi) is 5.94. The first kappa shape index (κ1) is 18.9. The summed E-state index contributed by atoms with van der Waals surface area (Å²) in [6, 6.07) is 0.125. The fourth-order valence-corrected chi connectivity index (χ4v) is 4.49. The molecular formula is C19H28N2O5. The van der Waals surface area contributed by atoms with E-state index >= 15 is 0 Å². The molecule has 1 N–H and O–H groups in total. The van der Waals surface area contributed by atoms with Crippen molar-refractivity contribution in [3.8, 4) is 0 Å². The van der Waals surface area contributed by atoms with E-state index in [0.717, 1.165) is 37.0 Å². The molecule has 7 nitrogen and oxygen atoms in total. The minimum Gasteiger partial charge on any atom is -0.454 e. The van der Waals surface area contributed by atoms with Gasteiger partial charge in [-0.05, 0) is 31.6 Å². The average molecular weight is 364 g/mol. The van der Waals surface area contributed by atoms with Crippen molar-refractivity contribution in [3.05, 3.63) is 0 Å². The number of ether oxygens (including phenoxy) is 1. The quantitative estimate of drug-likeness (QED) is 0.588. The van der Waals surface area contributed by atoms with Crippen LogP contribution in [0.15, 0.2) is 0 Å². The molecule has 3 aliphatic rings. The maximum Gasteiger partial charge on any atom is 0.326 e. The van der Waals surface area contributed by atoms with Crippen LogP contribution in [0.5, 0.6) is 0 Å². The van der Waals surface area contributed by atoms with Crippen molar-refractivity contribution in [2.45, 2.75) is 64.3 Å². The molecule has 0 bridgehead atoms. The van der Waals surface area contributed by atoms with Crippen molar-refractivity contribution < 1.29 is 23.9 Å². The molecule has 1 aliphatic heterocycles. The molecule has 3 amide bonds. The highest BCUT2D eigenvalue weighted by atomic mass is 16.5. The molecular weight excluding hydrogens is 336 g/mol. The van der Waals surface area contributed by atoms with E-state index in [2.05, 4.69) is 12.2 Å². The van der Waals surface area contributed by atoms with Crippen LogP contribution in [0.25, 0.3) is 0 Å². The summed E-state index contributed by atoms with van der Waals surface area (Å²) in [7, 11) is 0. The minimum atomic E-state index is -0.711. The summed E-state index contributed by atoms with van der Waals surface area (Å²) in [5, 5.41) is 2.91. The summed E-state index contributed by atoms with van der Waals surface area (Å²) in [6.07, 6.45) is 7.62. The van der Waals surface area contributed by atoms with Gasteiger partial charge in [-0.25, -0.2) is 0 Å². The molecule has 3 fully saturated rings. The van der Waals surface area contributed by atoms with E-state index in [1.165, 1.54) is 6.42 Å². The zero-order valence-corrected chi connectivity index (χ0v) is 15.4. The summed E-state index contributed by atoms with van der Waals surface area (Å²) in [6.45, 7) is 1.35. The van der Waals surface area contributed by atoms with Crippen LogP contribution in [-0.2, 0) is 23.9 Å². The van der Waals surface area contributed by atoms with Gasteiger partial charge in [0.05, 0.1) is 11.8 Å². The Bertz CT molecular complexity index is 566. The highest BCUT2D eigenvalue weighted by molar-refractivity contribution is 6.07. The maximum atomic E-state index is 12.3. The van der Waals surface area contributed by atoms with E-state index in [-0.39, 0.29) is 42.2 Å². The van der Waals surface area contributed by atoms with Crippen LogP contribution in [0.3, 0.4) is 0 Å². The Hall–Kier alpha value is -1.92. The molecule has 144 valence electrons. The SMILES string of the molecule is C[C@@H]1CCCC[C@@H]1NC(=O)COC(=O)CN1C(=O)[C@@H]2CCCC[C@H]2C1=O. The Morgan fingerprint density at radius 2 is 1.58 bits per heavy atom. The number of esters is 1. The molecule has 7 heteroatoms. The summed E-state index contributed by atoms with van der Waals surface area (Å²) in [5.74, 6) is -1.71. The van der Waals surface area contributed by atoms with Gasteiger partial charge < -0.3 is 10.1 Å². The zero-order valence-electron chi connectivity index (χ0n) is 15.4. The Morgan fingerprint density at radius 3 is 2.19 bits per heavy atom. The first-order valence-electron chi connectivity index (χ1n) is 9.77. The first-order valence-corrected chi connectivity index (χ1v) is 9.77. The van der Waals surface area contributed by atoms with Crippen molar-refractivity contribution in [2.24, 2.45) is 17.8 Å². The van der Waals surface area contributed by atoms with Crippen LogP contribution in [0.2, 0.25) is 0 Å². The molecule has 3 rings (SSSR count). The lowest BCUT2D eigenvalue weighted by molar-refractivity contribution is -0.155. The molecule has 0 radical (unpaired) electrons. The number of rotatable bonds is 5. The second kappa shape index (κ2) is 8.18. The molecule has 0 aromatic rings. The van der Waals surface area contributed by atoms with Gasteiger partial charge in [-0.1, -0.05) is 32.6 Å². The van der Waals surface area contributed by atoms with Crippen LogP contribution in [0, 0.1) is 17.8 Å². The molecule has 2 aliphatic carbocycles. The molecule has 0 aromatic carbocycles. The number of carbonyl (C=O) groups excluding carboxylic acids is 4. The molecule has 1 saturated heterocycles. The number of imide groups is 1. The van der Waals surface area contributed by atoms with Gasteiger partial charge in [0.1, 0.15) is 6.54 Å². The van der Waals surface area contributed by atoms with Crippen molar-refractivity contribution in [1.82, 2.24) is 10.2 Å². The van der Waals surface area contributed by atoms with Crippen LogP contribution in [0.1, 0.15) is 58.3 Å². The molecule has 1 heterocycles. The molecule has 2 saturated carbocycles. The first-order chi connectivity index (χ1) is 12.5. The summed E-state index contributed by atoms with van der Waals surface area (Å²) >= 11 is 0. The number of nitrogens with zero attached hydrogens (tertiary/aromatic N) is 1. The number of hydrogen-bond acceptors (Lipinski definition) is 5.